The number of hydrogen-bond acceptors (Lipinski definition) is 4. The summed E-state index contributed by atoms with van der Waals surface area (Å²) in [5, 5.41) is 5.74. The Morgan fingerprint density at radius 1 is 1.14 bits per heavy atom. The Kier molecular flexibility index (Phi) is 6.26. The lowest BCUT2D eigenvalue weighted by molar-refractivity contribution is 0.226. The van der Waals surface area contributed by atoms with E-state index < -0.39 is 0 Å². The molecule has 146 valence electrons. The molecule has 0 spiro atoms. The van der Waals surface area contributed by atoms with Gasteiger partial charge in [0.25, 0.3) is 0 Å². The van der Waals surface area contributed by atoms with E-state index >= 15 is 0 Å². The number of imidazole rings is 1. The molecule has 0 aliphatic rings. The average Bonchev–Trinajstić information content (AvgIpc) is 3.12. The summed E-state index contributed by atoms with van der Waals surface area (Å²) in [6, 6.07) is 11.3. The summed E-state index contributed by atoms with van der Waals surface area (Å²) in [5.74, 6) is 2.42. The number of benzene rings is 1. The van der Waals surface area contributed by atoms with E-state index in [4.69, 9.17) is 4.74 Å². The molecule has 3 rings (SSSR count). The molecule has 7 nitrogen and oxygen atoms in total. The van der Waals surface area contributed by atoms with Gasteiger partial charge in [-0.15, -0.1) is 0 Å². The Morgan fingerprint density at radius 2 is 1.93 bits per heavy atom. The van der Waals surface area contributed by atoms with E-state index in [1.165, 1.54) is 5.56 Å². The van der Waals surface area contributed by atoms with Crippen molar-refractivity contribution >= 4 is 6.03 Å². The molecule has 0 aliphatic carbocycles. The van der Waals surface area contributed by atoms with Crippen molar-refractivity contribution in [2.24, 2.45) is 0 Å². The lowest BCUT2D eigenvalue weighted by Gasteiger charge is -2.16. The third-order valence-corrected chi connectivity index (χ3v) is 4.23. The van der Waals surface area contributed by atoms with Crippen molar-refractivity contribution < 1.29 is 9.53 Å². The van der Waals surface area contributed by atoms with Crippen LogP contribution in [0.2, 0.25) is 0 Å². The second-order valence-electron chi connectivity index (χ2n) is 6.72. The lowest BCUT2D eigenvalue weighted by atomic mass is 10.2. The van der Waals surface area contributed by atoms with Gasteiger partial charge in [-0.25, -0.2) is 14.8 Å². The molecule has 2 N–H and O–H groups in total. The number of carbonyl (C=O) groups is 1. The number of urea groups is 1. The summed E-state index contributed by atoms with van der Waals surface area (Å²) in [6.45, 7) is 6.65. The van der Waals surface area contributed by atoms with Crippen LogP contribution in [0.15, 0.2) is 55.0 Å². The predicted octanol–water partition coefficient (Wildman–Crippen LogP) is 3.15. The zero-order valence-electron chi connectivity index (χ0n) is 16.3. The molecule has 0 radical (unpaired) electrons. The molecule has 0 aliphatic heterocycles. The first-order valence-electron chi connectivity index (χ1n) is 9.20. The number of ether oxygens (including phenoxy) is 1. The maximum absolute atomic E-state index is 12.1. The van der Waals surface area contributed by atoms with Crippen molar-refractivity contribution in [2.75, 3.05) is 6.61 Å². The van der Waals surface area contributed by atoms with E-state index in [-0.39, 0.29) is 12.1 Å². The number of hydrogen-bond donors (Lipinski definition) is 2. The molecule has 0 saturated carbocycles. The van der Waals surface area contributed by atoms with Crippen molar-refractivity contribution in [2.45, 2.75) is 33.4 Å². The number of carbonyl (C=O) groups excluding carboxylic acids is 1. The molecule has 2 amide bonds. The summed E-state index contributed by atoms with van der Waals surface area (Å²) in [4.78, 5) is 20.7. The monoisotopic (exact) mass is 379 g/mol. The van der Waals surface area contributed by atoms with E-state index in [2.05, 4.69) is 20.6 Å². The Hall–Kier alpha value is -3.35. The highest BCUT2D eigenvalue weighted by Gasteiger charge is 2.09. The van der Waals surface area contributed by atoms with Gasteiger partial charge in [0.2, 0.25) is 0 Å². The van der Waals surface area contributed by atoms with Crippen LogP contribution in [-0.4, -0.2) is 33.2 Å². The maximum Gasteiger partial charge on any atom is 0.315 e. The normalized spacial score (nSPS) is 11.7. The minimum absolute atomic E-state index is 0.122. The largest absolute Gasteiger partial charge is 0.491 e. The van der Waals surface area contributed by atoms with Gasteiger partial charge in [-0.1, -0.05) is 17.7 Å². The Labute approximate surface area is 164 Å². The van der Waals surface area contributed by atoms with Crippen LogP contribution in [0.1, 0.15) is 23.9 Å². The van der Waals surface area contributed by atoms with Crippen molar-refractivity contribution in [3.8, 4) is 11.6 Å². The third-order valence-electron chi connectivity index (χ3n) is 4.23. The Morgan fingerprint density at radius 3 is 2.64 bits per heavy atom. The van der Waals surface area contributed by atoms with E-state index in [0.29, 0.717) is 13.2 Å². The van der Waals surface area contributed by atoms with Gasteiger partial charge >= 0.3 is 6.03 Å². The molecule has 0 saturated heterocycles. The lowest BCUT2D eigenvalue weighted by Crippen LogP contribution is -2.43. The second-order valence-corrected chi connectivity index (χ2v) is 6.72. The topological polar surface area (TPSA) is 81.1 Å². The zero-order valence-corrected chi connectivity index (χ0v) is 16.3. The summed E-state index contributed by atoms with van der Waals surface area (Å²) in [5.41, 5.74) is 2.14. The highest BCUT2D eigenvalue weighted by Crippen LogP contribution is 2.12. The molecule has 1 aromatic carbocycles. The van der Waals surface area contributed by atoms with Crippen molar-refractivity contribution in [3.05, 3.63) is 71.9 Å². The summed E-state index contributed by atoms with van der Waals surface area (Å²) >= 11 is 0. The van der Waals surface area contributed by atoms with Crippen LogP contribution in [0.4, 0.5) is 4.79 Å². The molecule has 0 bridgehead atoms. The van der Waals surface area contributed by atoms with Crippen LogP contribution in [0.3, 0.4) is 0 Å². The molecular formula is C21H25N5O2. The number of rotatable bonds is 7. The van der Waals surface area contributed by atoms with Crippen LogP contribution < -0.4 is 15.4 Å². The van der Waals surface area contributed by atoms with Gasteiger partial charge in [0.15, 0.2) is 0 Å². The van der Waals surface area contributed by atoms with Crippen molar-refractivity contribution in [1.29, 1.82) is 0 Å². The van der Waals surface area contributed by atoms with Gasteiger partial charge in [0.05, 0.1) is 6.04 Å². The minimum atomic E-state index is -0.239. The number of nitrogens with zero attached hydrogens (tertiary/aromatic N) is 3. The first kappa shape index (κ1) is 19.4. The predicted molar refractivity (Wildman–Crippen MR) is 108 cm³/mol. The summed E-state index contributed by atoms with van der Waals surface area (Å²) in [7, 11) is 0. The smallest absolute Gasteiger partial charge is 0.315 e. The highest BCUT2D eigenvalue weighted by molar-refractivity contribution is 5.74. The van der Waals surface area contributed by atoms with Gasteiger partial charge in [-0.3, -0.25) is 4.57 Å². The van der Waals surface area contributed by atoms with E-state index in [0.717, 1.165) is 23.0 Å². The quantitative estimate of drug-likeness (QED) is 0.661. The average molecular weight is 379 g/mol. The van der Waals surface area contributed by atoms with E-state index in [1.54, 1.807) is 12.4 Å². The van der Waals surface area contributed by atoms with Crippen LogP contribution in [0, 0.1) is 13.8 Å². The minimum Gasteiger partial charge on any atom is -0.491 e. The fraction of sp³-hybridized carbons (Fsp3) is 0.286. The van der Waals surface area contributed by atoms with Gasteiger partial charge in [0.1, 0.15) is 24.0 Å². The van der Waals surface area contributed by atoms with Crippen LogP contribution in [-0.2, 0) is 6.54 Å². The van der Waals surface area contributed by atoms with Crippen molar-refractivity contribution in [3.63, 3.8) is 0 Å². The van der Waals surface area contributed by atoms with Crippen LogP contribution in [0.25, 0.3) is 5.82 Å². The number of aryl methyl sites for hydroxylation is 2. The Bertz CT molecular complexity index is 921. The summed E-state index contributed by atoms with van der Waals surface area (Å²) in [6.07, 6.45) is 5.31. The molecule has 28 heavy (non-hydrogen) atoms. The van der Waals surface area contributed by atoms with Gasteiger partial charge in [-0.2, -0.15) is 0 Å². The second kappa shape index (κ2) is 9.03. The van der Waals surface area contributed by atoms with Crippen LogP contribution in [0.5, 0.6) is 5.75 Å². The first-order valence-corrected chi connectivity index (χ1v) is 9.20. The molecule has 3 aromatic rings. The number of amides is 2. The molecule has 0 fully saturated rings. The SMILES string of the molecule is Cc1ccc(OCC(C)NC(=O)NCc2ccnc(-n3ccnc3C)c2)cc1. The molecule has 2 aromatic heterocycles. The molecule has 1 atom stereocenters. The number of aromatic nitrogens is 3. The van der Waals surface area contributed by atoms with Gasteiger partial charge in [0, 0.05) is 25.1 Å². The Balaban J connectivity index is 1.46. The molecule has 1 unspecified atom stereocenters. The highest BCUT2D eigenvalue weighted by atomic mass is 16.5. The van der Waals surface area contributed by atoms with Crippen LogP contribution >= 0.6 is 0 Å². The third kappa shape index (κ3) is 5.33. The standard InChI is InChI=1S/C21H25N5O2/c1-15-4-6-19(7-5-15)28-14-16(2)25-21(27)24-13-18-8-9-23-20(12-18)26-11-10-22-17(26)3/h4-12,16H,13-14H2,1-3H3,(H2,24,25,27). The van der Waals surface area contributed by atoms with E-state index in [9.17, 15) is 4.79 Å². The first-order chi connectivity index (χ1) is 13.5. The maximum atomic E-state index is 12.1. The fourth-order valence-electron chi connectivity index (χ4n) is 2.68. The molecule has 2 heterocycles. The van der Waals surface area contributed by atoms with Gasteiger partial charge < -0.3 is 15.4 Å². The number of pyridine rings is 1. The summed E-state index contributed by atoms with van der Waals surface area (Å²) < 4.78 is 7.59. The molecule has 7 heteroatoms. The fourth-order valence-corrected chi connectivity index (χ4v) is 2.68. The van der Waals surface area contributed by atoms with E-state index in [1.807, 2.05) is 67.9 Å². The number of nitrogens with one attached hydrogen (secondary N) is 2. The molecular weight excluding hydrogens is 354 g/mol. The zero-order chi connectivity index (χ0) is 19.9. The van der Waals surface area contributed by atoms with Gasteiger partial charge in [-0.05, 0) is 50.6 Å². The van der Waals surface area contributed by atoms with Crippen molar-refractivity contribution in [1.82, 2.24) is 25.2 Å².